The molecule has 0 saturated carbocycles. The predicted octanol–water partition coefficient (Wildman–Crippen LogP) is -1.61. The van der Waals surface area contributed by atoms with Gasteiger partial charge in [0.2, 0.25) is 0 Å². The maximum Gasteiger partial charge on any atom is 1.00 e. The molecule has 0 radical (unpaired) electrons. The smallest absolute Gasteiger partial charge is 0.454 e. The molecule has 0 aromatic carbocycles. The second-order valence-corrected chi connectivity index (χ2v) is 0.460. The fourth-order valence-corrected chi connectivity index (χ4v) is 0. The van der Waals surface area contributed by atoms with Crippen molar-refractivity contribution in [1.82, 2.24) is 0 Å². The summed E-state index contributed by atoms with van der Waals surface area (Å²) in [7, 11) is 0. The molecule has 0 spiro atoms. The minimum atomic E-state index is -2.91. The number of rotatable bonds is 1. The van der Waals surface area contributed by atoms with Crippen molar-refractivity contribution in [3.63, 3.8) is 0 Å². The van der Waals surface area contributed by atoms with Crippen LogP contribution < -0.4 is 18.9 Å². The van der Waals surface area contributed by atoms with Crippen LogP contribution in [0, 0.1) is 6.67 Å². The Bertz CT molecular complexity index is 22.8. The monoisotopic (exact) mass is 90.0 g/mol. The summed E-state index contributed by atoms with van der Waals surface area (Å²) in [4.78, 5) is 0. The fourth-order valence-electron chi connectivity index (χ4n) is 0. The first-order valence-electron chi connectivity index (χ1n) is 0.988. The van der Waals surface area contributed by atoms with Crippen LogP contribution in [-0.4, -0.2) is 6.43 Å². The molecule has 4 heteroatoms. The van der Waals surface area contributed by atoms with Crippen molar-refractivity contribution in [3.05, 3.63) is 6.67 Å². The molecule has 0 atom stereocenters. The van der Waals surface area contributed by atoms with Gasteiger partial charge in [-0.3, -0.25) is 0 Å². The third-order valence-corrected chi connectivity index (χ3v) is 0.0952. The maximum absolute atomic E-state index is 10.3. The average Bonchev–Trinajstić information content (AvgIpc) is 1.38. The van der Waals surface area contributed by atoms with Gasteiger partial charge in [-0.15, -0.1) is 6.67 Å². The molecule has 0 aliphatic carbocycles. The van der Waals surface area contributed by atoms with E-state index < -0.39 is 13.1 Å². The van der Waals surface area contributed by atoms with Crippen LogP contribution >= 0.6 is 0 Å². The van der Waals surface area contributed by atoms with Crippen molar-refractivity contribution >= 4 is 0 Å². The van der Waals surface area contributed by atoms with Crippen LogP contribution in [-0.2, 0) is 0 Å². The van der Waals surface area contributed by atoms with Crippen molar-refractivity contribution < 1.29 is 32.0 Å². The summed E-state index contributed by atoms with van der Waals surface area (Å²) in [5.74, 6) is 0. The molecule has 0 rings (SSSR count). The maximum atomic E-state index is 10.3. The van der Waals surface area contributed by atoms with E-state index in [0.29, 0.717) is 0 Å². The Balaban J connectivity index is 0. The van der Waals surface area contributed by atoms with Gasteiger partial charge in [0, 0.05) is 0 Å². The molecule has 0 aliphatic heterocycles. The molecule has 0 aromatic rings. The largest absolute Gasteiger partial charge is 1.00 e. The van der Waals surface area contributed by atoms with Crippen molar-refractivity contribution in [2.24, 2.45) is 0 Å². The molecule has 0 saturated heterocycles. The van der Waals surface area contributed by atoms with Gasteiger partial charge in [0.1, 0.15) is 6.43 Å². The van der Waals surface area contributed by atoms with Crippen molar-refractivity contribution in [2.45, 2.75) is 6.43 Å². The quantitative estimate of drug-likeness (QED) is 0.268. The van der Waals surface area contributed by atoms with Gasteiger partial charge in [-0.1, -0.05) is 0 Å². The third kappa shape index (κ3) is 8.83. The number of halogens is 3. The zero-order valence-corrected chi connectivity index (χ0v) is 3.29. The first-order chi connectivity index (χ1) is 2.27. The second-order valence-electron chi connectivity index (χ2n) is 0.460. The van der Waals surface area contributed by atoms with Crippen molar-refractivity contribution in [3.8, 4) is 0 Å². The first kappa shape index (κ1) is 9.63. The summed E-state index contributed by atoms with van der Waals surface area (Å²) in [5.41, 5.74) is 0. The van der Waals surface area contributed by atoms with Crippen molar-refractivity contribution in [1.29, 1.82) is 0 Å². The molecule has 0 nitrogen and oxygen atoms in total. The number of hydrogen-bond acceptors (Lipinski definition) is 0. The van der Waals surface area contributed by atoms with Gasteiger partial charge in [-0.2, -0.15) is 0 Å². The van der Waals surface area contributed by atoms with Gasteiger partial charge in [0.15, 0.2) is 0 Å². The molecule has 6 heavy (non-hydrogen) atoms. The fraction of sp³-hybridized carbons (Fsp3) is 0.500. The Morgan fingerprint density at radius 1 is 1.33 bits per heavy atom. The van der Waals surface area contributed by atoms with Crippen LogP contribution in [0.2, 0.25) is 0 Å². The van der Waals surface area contributed by atoms with E-state index in [2.05, 4.69) is 0 Å². The van der Waals surface area contributed by atoms with Gasteiger partial charge in [-0.25, -0.2) is 8.78 Å². The predicted molar refractivity (Wildman–Crippen MR) is 11.4 cm³/mol. The molecule has 32 valence electrons. The van der Waals surface area contributed by atoms with Crippen LogP contribution in [0.25, 0.3) is 0 Å². The zero-order valence-electron chi connectivity index (χ0n) is 3.29. The Morgan fingerprint density at radius 3 is 1.50 bits per heavy atom. The molecule has 0 bridgehead atoms. The second kappa shape index (κ2) is 5.39. The molecule has 0 aromatic heterocycles. The van der Waals surface area contributed by atoms with E-state index >= 15 is 0 Å². The number of alkyl halides is 2. The van der Waals surface area contributed by atoms with Crippen LogP contribution in [0.5, 0.6) is 0 Å². The molecular weight excluding hydrogens is 88.0 g/mol. The molecule has 0 heterocycles. The summed E-state index contributed by atoms with van der Waals surface area (Å²) in [6, 6.07) is 0. The Labute approximate surface area is 45.9 Å². The average molecular weight is 90.0 g/mol. The molecule has 0 aliphatic rings. The van der Waals surface area contributed by atoms with E-state index in [0.717, 1.165) is 0 Å². The van der Waals surface area contributed by atoms with E-state index in [1.54, 1.807) is 0 Å². The minimum absolute atomic E-state index is 0. The Kier molecular flexibility index (Phi) is 8.65. The summed E-state index contributed by atoms with van der Waals surface area (Å²) in [6.07, 6.45) is -2.91. The Morgan fingerprint density at radius 2 is 1.50 bits per heavy atom. The molecule has 0 N–H and O–H groups in total. The van der Waals surface area contributed by atoms with Crippen LogP contribution in [0.3, 0.4) is 0 Å². The minimum Gasteiger partial charge on any atom is -0.454 e. The summed E-state index contributed by atoms with van der Waals surface area (Å²) in [5, 5.41) is 0. The first-order valence-corrected chi connectivity index (χ1v) is 0.988. The molecule has 0 unspecified atom stereocenters. The summed E-state index contributed by atoms with van der Waals surface area (Å²) >= 11 is 0. The normalized spacial score (nSPS) is 8.00. The topological polar surface area (TPSA) is 0 Å². The van der Waals surface area contributed by atoms with Gasteiger partial charge in [0.05, 0.1) is 0 Å². The molecule has 0 fully saturated rings. The summed E-state index contributed by atoms with van der Waals surface area (Å²) in [6.45, 7) is -0.667. The van der Waals surface area contributed by atoms with Crippen LogP contribution in [0.4, 0.5) is 13.2 Å². The SMILES string of the molecule is F[CH-]C(F)F.[Li+]. The molecule has 0 amide bonds. The standard InChI is InChI=1S/C2H2F3.Li/c3-1-2(4)5;/h1-2H;/q-1;+1. The van der Waals surface area contributed by atoms with Gasteiger partial charge in [0.25, 0.3) is 0 Å². The summed E-state index contributed by atoms with van der Waals surface area (Å²) < 4.78 is 30.9. The Hall–Kier alpha value is 0.387. The van der Waals surface area contributed by atoms with E-state index in [4.69, 9.17) is 0 Å². The number of hydrogen-bond donors (Lipinski definition) is 0. The third-order valence-electron chi connectivity index (χ3n) is 0.0952. The van der Waals surface area contributed by atoms with Crippen molar-refractivity contribution in [2.75, 3.05) is 0 Å². The van der Waals surface area contributed by atoms with E-state index in [9.17, 15) is 13.2 Å². The van der Waals surface area contributed by atoms with E-state index in [1.807, 2.05) is 0 Å². The van der Waals surface area contributed by atoms with Crippen LogP contribution in [0.1, 0.15) is 0 Å². The van der Waals surface area contributed by atoms with E-state index in [-0.39, 0.29) is 18.9 Å². The van der Waals surface area contributed by atoms with E-state index in [1.165, 1.54) is 0 Å². The van der Waals surface area contributed by atoms with Gasteiger partial charge in [-0.05, 0) is 0 Å². The van der Waals surface area contributed by atoms with Gasteiger partial charge >= 0.3 is 18.9 Å². The zero-order chi connectivity index (χ0) is 4.28. The van der Waals surface area contributed by atoms with Crippen LogP contribution in [0.15, 0.2) is 0 Å². The van der Waals surface area contributed by atoms with Gasteiger partial charge < -0.3 is 4.39 Å². The molecular formula is C2H2F3Li.